The summed E-state index contributed by atoms with van der Waals surface area (Å²) < 4.78 is 5.89. The fourth-order valence-electron chi connectivity index (χ4n) is 2.36. The molecular formula is C18H22ClNO. The van der Waals surface area contributed by atoms with Gasteiger partial charge in [-0.1, -0.05) is 55.8 Å². The highest BCUT2D eigenvalue weighted by atomic mass is 35.5. The molecule has 2 aromatic rings. The average molecular weight is 304 g/mol. The minimum atomic E-state index is 0.0850. The molecule has 1 atom stereocenters. The number of para-hydroxylation sites is 1. The standard InChI is InChI=1S/C18H22ClNO/c1-3-12-21-17-11-6-5-10-16(17)18(20-4-2)14-8-7-9-15(19)13-14/h5-11,13,18,20H,3-4,12H2,1-2H3. The average Bonchev–Trinajstić information content (AvgIpc) is 2.51. The minimum absolute atomic E-state index is 0.0850. The van der Waals surface area contributed by atoms with Gasteiger partial charge in [0, 0.05) is 10.6 Å². The zero-order chi connectivity index (χ0) is 15.1. The molecule has 0 aliphatic heterocycles. The van der Waals surface area contributed by atoms with Crippen molar-refractivity contribution < 1.29 is 4.74 Å². The number of ether oxygens (including phenoxy) is 1. The second-order valence-electron chi connectivity index (χ2n) is 4.93. The predicted octanol–water partition coefficient (Wildman–Crippen LogP) is 4.83. The summed E-state index contributed by atoms with van der Waals surface area (Å²) in [4.78, 5) is 0. The molecule has 1 N–H and O–H groups in total. The molecule has 0 radical (unpaired) electrons. The van der Waals surface area contributed by atoms with Crippen LogP contribution in [0.4, 0.5) is 0 Å². The van der Waals surface area contributed by atoms with Crippen molar-refractivity contribution in [2.24, 2.45) is 0 Å². The van der Waals surface area contributed by atoms with Crippen LogP contribution in [0.25, 0.3) is 0 Å². The Hall–Kier alpha value is -1.51. The van der Waals surface area contributed by atoms with E-state index in [-0.39, 0.29) is 6.04 Å². The van der Waals surface area contributed by atoms with Gasteiger partial charge in [0.05, 0.1) is 12.6 Å². The van der Waals surface area contributed by atoms with Gasteiger partial charge < -0.3 is 10.1 Å². The maximum atomic E-state index is 6.14. The molecule has 112 valence electrons. The summed E-state index contributed by atoms with van der Waals surface area (Å²) in [5.74, 6) is 0.935. The Balaban J connectivity index is 2.38. The van der Waals surface area contributed by atoms with E-state index in [2.05, 4.69) is 31.3 Å². The van der Waals surface area contributed by atoms with Crippen molar-refractivity contribution in [2.45, 2.75) is 26.3 Å². The number of hydrogen-bond donors (Lipinski definition) is 1. The van der Waals surface area contributed by atoms with Crippen molar-refractivity contribution in [1.29, 1.82) is 0 Å². The third-order valence-corrected chi connectivity index (χ3v) is 3.52. The molecule has 1 unspecified atom stereocenters. The molecule has 0 aromatic heterocycles. The molecule has 0 spiro atoms. The molecular weight excluding hydrogens is 282 g/mol. The van der Waals surface area contributed by atoms with Gasteiger partial charge in [0.2, 0.25) is 0 Å². The third kappa shape index (κ3) is 4.23. The number of nitrogens with one attached hydrogen (secondary N) is 1. The zero-order valence-corrected chi connectivity index (χ0v) is 13.4. The highest BCUT2D eigenvalue weighted by Gasteiger charge is 2.17. The predicted molar refractivity (Wildman–Crippen MR) is 89.2 cm³/mol. The van der Waals surface area contributed by atoms with Gasteiger partial charge in [-0.2, -0.15) is 0 Å². The van der Waals surface area contributed by atoms with Crippen LogP contribution in [0.15, 0.2) is 48.5 Å². The van der Waals surface area contributed by atoms with Crippen molar-refractivity contribution >= 4 is 11.6 Å². The Labute approximate surface area is 132 Å². The summed E-state index contributed by atoms with van der Waals surface area (Å²) in [6.07, 6.45) is 0.997. The molecule has 0 heterocycles. The fraction of sp³-hybridized carbons (Fsp3) is 0.333. The molecule has 0 fully saturated rings. The summed E-state index contributed by atoms with van der Waals surface area (Å²) in [6, 6.07) is 16.3. The maximum absolute atomic E-state index is 6.14. The van der Waals surface area contributed by atoms with Crippen LogP contribution in [0, 0.1) is 0 Å². The van der Waals surface area contributed by atoms with Crippen molar-refractivity contribution in [2.75, 3.05) is 13.2 Å². The van der Waals surface area contributed by atoms with E-state index in [1.807, 2.05) is 36.4 Å². The third-order valence-electron chi connectivity index (χ3n) is 3.28. The SMILES string of the molecule is CCCOc1ccccc1C(NCC)c1cccc(Cl)c1. The lowest BCUT2D eigenvalue weighted by molar-refractivity contribution is 0.312. The van der Waals surface area contributed by atoms with E-state index < -0.39 is 0 Å². The first-order valence-electron chi connectivity index (χ1n) is 7.46. The molecule has 2 rings (SSSR count). The van der Waals surface area contributed by atoms with Gasteiger partial charge in [0.25, 0.3) is 0 Å². The van der Waals surface area contributed by atoms with Crippen molar-refractivity contribution in [3.63, 3.8) is 0 Å². The smallest absolute Gasteiger partial charge is 0.124 e. The lowest BCUT2D eigenvalue weighted by atomic mass is 9.97. The highest BCUT2D eigenvalue weighted by molar-refractivity contribution is 6.30. The van der Waals surface area contributed by atoms with E-state index >= 15 is 0 Å². The van der Waals surface area contributed by atoms with Crippen LogP contribution in [0.3, 0.4) is 0 Å². The summed E-state index contributed by atoms with van der Waals surface area (Å²) in [5, 5.41) is 4.27. The molecule has 2 aromatic carbocycles. The number of halogens is 1. The van der Waals surface area contributed by atoms with E-state index in [9.17, 15) is 0 Å². The second-order valence-corrected chi connectivity index (χ2v) is 5.37. The monoisotopic (exact) mass is 303 g/mol. The largest absolute Gasteiger partial charge is 0.493 e. The van der Waals surface area contributed by atoms with Crippen LogP contribution in [-0.4, -0.2) is 13.2 Å². The van der Waals surface area contributed by atoms with Gasteiger partial charge in [0.15, 0.2) is 0 Å². The lowest BCUT2D eigenvalue weighted by Gasteiger charge is -2.22. The zero-order valence-electron chi connectivity index (χ0n) is 12.6. The Kier molecular flexibility index (Phi) is 6.09. The minimum Gasteiger partial charge on any atom is -0.493 e. The molecule has 3 heteroatoms. The van der Waals surface area contributed by atoms with Gasteiger partial charge in [-0.15, -0.1) is 0 Å². The van der Waals surface area contributed by atoms with E-state index in [1.54, 1.807) is 0 Å². The highest BCUT2D eigenvalue weighted by Crippen LogP contribution is 2.31. The molecule has 0 saturated heterocycles. The quantitative estimate of drug-likeness (QED) is 0.791. The van der Waals surface area contributed by atoms with E-state index in [0.717, 1.165) is 41.5 Å². The molecule has 0 aliphatic rings. The topological polar surface area (TPSA) is 21.3 Å². The number of benzene rings is 2. The van der Waals surface area contributed by atoms with E-state index in [1.165, 1.54) is 0 Å². The summed E-state index contributed by atoms with van der Waals surface area (Å²) in [6.45, 7) is 5.82. The summed E-state index contributed by atoms with van der Waals surface area (Å²) in [7, 11) is 0. The van der Waals surface area contributed by atoms with Crippen LogP contribution in [0.1, 0.15) is 37.4 Å². The van der Waals surface area contributed by atoms with Crippen LogP contribution in [-0.2, 0) is 0 Å². The summed E-state index contributed by atoms with van der Waals surface area (Å²) >= 11 is 6.14. The normalized spacial score (nSPS) is 12.1. The molecule has 0 bridgehead atoms. The molecule has 0 saturated carbocycles. The van der Waals surface area contributed by atoms with Gasteiger partial charge in [-0.3, -0.25) is 0 Å². The Bertz CT molecular complexity index is 571. The van der Waals surface area contributed by atoms with E-state index in [4.69, 9.17) is 16.3 Å². The first-order chi connectivity index (χ1) is 10.3. The van der Waals surface area contributed by atoms with Gasteiger partial charge in [-0.25, -0.2) is 0 Å². The van der Waals surface area contributed by atoms with Gasteiger partial charge in [0.1, 0.15) is 5.75 Å². The van der Waals surface area contributed by atoms with Crippen molar-refractivity contribution in [1.82, 2.24) is 5.32 Å². The number of hydrogen-bond acceptors (Lipinski definition) is 2. The van der Waals surface area contributed by atoms with Crippen LogP contribution in [0.5, 0.6) is 5.75 Å². The van der Waals surface area contributed by atoms with Crippen molar-refractivity contribution in [3.8, 4) is 5.75 Å². The number of rotatable bonds is 7. The van der Waals surface area contributed by atoms with Crippen LogP contribution < -0.4 is 10.1 Å². The molecule has 2 nitrogen and oxygen atoms in total. The molecule has 0 amide bonds. The lowest BCUT2D eigenvalue weighted by Crippen LogP contribution is -2.22. The Morgan fingerprint density at radius 3 is 2.62 bits per heavy atom. The Morgan fingerprint density at radius 1 is 1.10 bits per heavy atom. The van der Waals surface area contributed by atoms with Gasteiger partial charge in [-0.05, 0) is 36.7 Å². The van der Waals surface area contributed by atoms with Crippen molar-refractivity contribution in [3.05, 3.63) is 64.7 Å². The summed E-state index contributed by atoms with van der Waals surface area (Å²) in [5.41, 5.74) is 2.30. The first kappa shape index (κ1) is 15.9. The second kappa shape index (κ2) is 8.06. The van der Waals surface area contributed by atoms with Crippen LogP contribution >= 0.6 is 11.6 Å². The fourth-order valence-corrected chi connectivity index (χ4v) is 2.56. The Morgan fingerprint density at radius 2 is 1.90 bits per heavy atom. The maximum Gasteiger partial charge on any atom is 0.124 e. The first-order valence-corrected chi connectivity index (χ1v) is 7.84. The molecule has 21 heavy (non-hydrogen) atoms. The van der Waals surface area contributed by atoms with Crippen LogP contribution in [0.2, 0.25) is 5.02 Å². The van der Waals surface area contributed by atoms with Gasteiger partial charge >= 0.3 is 0 Å². The molecule has 0 aliphatic carbocycles. The van der Waals surface area contributed by atoms with E-state index in [0.29, 0.717) is 0 Å².